The Morgan fingerprint density at radius 2 is 1.72 bits per heavy atom. The highest BCUT2D eigenvalue weighted by Crippen LogP contribution is 2.54. The first kappa shape index (κ1) is 20.6. The second kappa shape index (κ2) is 7.25. The third-order valence-electron chi connectivity index (χ3n) is 7.53. The zero-order chi connectivity index (χ0) is 19.6. The molecule has 160 valence electrons. The van der Waals surface area contributed by atoms with Crippen molar-refractivity contribution in [2.45, 2.75) is 56.7 Å². The number of nitrogens with zero attached hydrogens (tertiary/aromatic N) is 4. The predicted octanol–water partition coefficient (Wildman–Crippen LogP) is -3.67. The summed E-state index contributed by atoms with van der Waals surface area (Å²) in [4.78, 5) is 28.9. The highest BCUT2D eigenvalue weighted by molar-refractivity contribution is 5.69. The van der Waals surface area contributed by atoms with Gasteiger partial charge in [0.1, 0.15) is 12.6 Å². The zero-order valence-corrected chi connectivity index (χ0v) is 17.8. The van der Waals surface area contributed by atoms with Gasteiger partial charge < -0.3 is 27.4 Å². The summed E-state index contributed by atoms with van der Waals surface area (Å²) in [5, 5.41) is 13.1. The van der Waals surface area contributed by atoms with Crippen molar-refractivity contribution in [1.82, 2.24) is 18.7 Å². The largest absolute Gasteiger partial charge is 1.00 e. The van der Waals surface area contributed by atoms with Crippen LogP contribution >= 0.6 is 0 Å². The molecule has 2 aromatic heterocycles. The van der Waals surface area contributed by atoms with Gasteiger partial charge in [0.2, 0.25) is 0 Å². The number of hydrogen-bond donors (Lipinski definition) is 2. The molecule has 6 rings (SSSR count). The second-order valence-corrected chi connectivity index (χ2v) is 9.65. The predicted molar refractivity (Wildman–Crippen MR) is 104 cm³/mol. The summed E-state index contributed by atoms with van der Waals surface area (Å²) in [6.45, 7) is 0.949. The molecule has 3 N–H and O–H groups in total. The van der Waals surface area contributed by atoms with E-state index in [-0.39, 0.29) is 18.0 Å². The molecule has 8 nitrogen and oxygen atoms in total. The molecular weight excluding hydrogens is 394 g/mol. The van der Waals surface area contributed by atoms with Gasteiger partial charge >= 0.3 is 5.69 Å². The number of hydrogen-bond acceptors (Lipinski definition) is 4. The zero-order valence-electron chi connectivity index (χ0n) is 17.1. The quantitative estimate of drug-likeness (QED) is 0.517. The molecule has 0 aliphatic heterocycles. The topological polar surface area (TPSA) is 98.7 Å². The number of aliphatic hydroxyl groups excluding tert-OH is 1. The Bertz CT molecular complexity index is 1000. The molecule has 29 heavy (non-hydrogen) atoms. The number of aromatic nitrogens is 4. The van der Waals surface area contributed by atoms with E-state index in [1.165, 1.54) is 50.1 Å². The van der Waals surface area contributed by atoms with E-state index in [0.29, 0.717) is 29.8 Å². The van der Waals surface area contributed by atoms with E-state index in [2.05, 4.69) is 10.3 Å². The van der Waals surface area contributed by atoms with E-state index in [1.54, 1.807) is 17.9 Å². The van der Waals surface area contributed by atoms with Crippen molar-refractivity contribution in [3.05, 3.63) is 27.2 Å². The maximum Gasteiger partial charge on any atom is 0.332 e. The van der Waals surface area contributed by atoms with E-state index in [0.717, 1.165) is 22.3 Å². The number of imidazole rings is 1. The van der Waals surface area contributed by atoms with Crippen LogP contribution in [0.5, 0.6) is 0 Å². The van der Waals surface area contributed by atoms with E-state index in [1.807, 2.05) is 0 Å². The van der Waals surface area contributed by atoms with Gasteiger partial charge in [-0.3, -0.25) is 13.9 Å². The molecule has 4 aliphatic rings. The standard InChI is InChI=1S/C20H29N5O3.ClH/c1-23-17-16(18(27)24(2)19(23)28)25(11-21-17)10-15(26)9-22-20-6-12-3-13(7-20)5-14(4-12)8-20;/h11-15,22,26H,3-10H2,1-2H3;1H. The summed E-state index contributed by atoms with van der Waals surface area (Å²) in [6.07, 6.45) is 9.12. The van der Waals surface area contributed by atoms with Crippen LogP contribution in [0.15, 0.2) is 15.9 Å². The number of aryl methyl sites for hydroxylation is 1. The first-order valence-corrected chi connectivity index (χ1v) is 10.5. The molecule has 0 spiro atoms. The van der Waals surface area contributed by atoms with Gasteiger partial charge in [-0.05, 0) is 37.0 Å². The van der Waals surface area contributed by atoms with Crippen molar-refractivity contribution < 1.29 is 22.8 Å². The fourth-order valence-corrected chi connectivity index (χ4v) is 6.65. The van der Waals surface area contributed by atoms with Crippen LogP contribution in [0.4, 0.5) is 0 Å². The molecule has 2 aromatic rings. The summed E-state index contributed by atoms with van der Waals surface area (Å²) in [7, 11) is 3.08. The summed E-state index contributed by atoms with van der Waals surface area (Å²) in [6, 6.07) is 0. The molecule has 4 aliphatic carbocycles. The van der Waals surface area contributed by atoms with Crippen molar-refractivity contribution in [3.63, 3.8) is 0 Å². The Morgan fingerprint density at radius 3 is 2.31 bits per heavy atom. The fourth-order valence-electron chi connectivity index (χ4n) is 6.65. The summed E-state index contributed by atoms with van der Waals surface area (Å²) in [5.74, 6) is 2.67. The Labute approximate surface area is 175 Å². The number of fused-ring (bicyclic) bond motifs is 1. The van der Waals surface area contributed by atoms with Crippen LogP contribution in [0.3, 0.4) is 0 Å². The molecule has 4 fully saturated rings. The minimum atomic E-state index is -0.563. The first-order chi connectivity index (χ1) is 13.3. The number of aliphatic hydroxyl groups is 1. The van der Waals surface area contributed by atoms with Crippen molar-refractivity contribution in [2.24, 2.45) is 31.8 Å². The Balaban J connectivity index is 0.00000205. The smallest absolute Gasteiger partial charge is 0.332 e. The molecule has 2 heterocycles. The van der Waals surface area contributed by atoms with E-state index in [9.17, 15) is 14.7 Å². The van der Waals surface area contributed by atoms with Gasteiger partial charge in [-0.15, -0.1) is 0 Å². The monoisotopic (exact) mass is 423 g/mol. The number of rotatable bonds is 5. The van der Waals surface area contributed by atoms with Crippen LogP contribution < -0.4 is 29.0 Å². The van der Waals surface area contributed by atoms with Crippen molar-refractivity contribution in [2.75, 3.05) is 6.54 Å². The molecule has 4 bridgehead atoms. The lowest BCUT2D eigenvalue weighted by Gasteiger charge is -2.54. The van der Waals surface area contributed by atoms with Crippen LogP contribution in [0.2, 0.25) is 0 Å². The van der Waals surface area contributed by atoms with Gasteiger partial charge in [0.25, 0.3) is 5.56 Å². The molecule has 0 aromatic carbocycles. The van der Waals surface area contributed by atoms with Crippen LogP contribution in [0, 0.1) is 17.8 Å². The molecule has 0 radical (unpaired) electrons. The third-order valence-corrected chi connectivity index (χ3v) is 7.53. The van der Waals surface area contributed by atoms with Gasteiger partial charge in [-0.2, -0.15) is 0 Å². The van der Waals surface area contributed by atoms with Crippen LogP contribution in [0.1, 0.15) is 38.5 Å². The van der Waals surface area contributed by atoms with Crippen LogP contribution in [-0.4, -0.2) is 42.0 Å². The summed E-state index contributed by atoms with van der Waals surface area (Å²) >= 11 is 0. The molecular formula is C20H30ClN5O3. The SMILES string of the molecule is Cn1c(=O)c2c(ncn2CC(O)C[NH2+]C23CC4CC(CC(C4)C2)C3)n(C)c1=O.[Cl-]. The van der Waals surface area contributed by atoms with E-state index >= 15 is 0 Å². The van der Waals surface area contributed by atoms with Crippen molar-refractivity contribution in [1.29, 1.82) is 0 Å². The fraction of sp³-hybridized carbons (Fsp3) is 0.750. The Kier molecular flexibility index (Phi) is 5.16. The van der Waals surface area contributed by atoms with Crippen LogP contribution in [-0.2, 0) is 20.6 Å². The molecule has 0 saturated heterocycles. The maximum atomic E-state index is 12.6. The average Bonchev–Trinajstić information content (AvgIpc) is 3.06. The third kappa shape index (κ3) is 3.35. The number of nitrogens with two attached hydrogens (primary N) is 1. The first-order valence-electron chi connectivity index (χ1n) is 10.5. The van der Waals surface area contributed by atoms with Gasteiger partial charge in [0, 0.05) is 33.4 Å². The molecule has 0 amide bonds. The highest BCUT2D eigenvalue weighted by atomic mass is 35.5. The molecule has 1 atom stereocenters. The minimum absolute atomic E-state index is 0. The van der Waals surface area contributed by atoms with E-state index in [4.69, 9.17) is 0 Å². The Hall–Kier alpha value is -1.64. The molecule has 4 saturated carbocycles. The Morgan fingerprint density at radius 1 is 1.14 bits per heavy atom. The normalized spacial score (nSPS) is 31.2. The molecule has 1 unspecified atom stereocenters. The van der Waals surface area contributed by atoms with Gasteiger partial charge in [0.15, 0.2) is 11.2 Å². The summed E-state index contributed by atoms with van der Waals surface area (Å²) < 4.78 is 4.16. The number of halogens is 1. The highest BCUT2D eigenvalue weighted by Gasteiger charge is 2.53. The van der Waals surface area contributed by atoms with Crippen molar-refractivity contribution >= 4 is 11.2 Å². The maximum absolute atomic E-state index is 12.6. The average molecular weight is 424 g/mol. The lowest BCUT2D eigenvalue weighted by molar-refractivity contribution is -0.743. The van der Waals surface area contributed by atoms with Gasteiger partial charge in [-0.1, -0.05) is 0 Å². The van der Waals surface area contributed by atoms with Crippen LogP contribution in [0.25, 0.3) is 11.2 Å². The van der Waals surface area contributed by atoms with E-state index < -0.39 is 11.8 Å². The van der Waals surface area contributed by atoms with Gasteiger partial charge in [-0.25, -0.2) is 9.78 Å². The lowest BCUT2D eigenvalue weighted by atomic mass is 9.53. The summed E-state index contributed by atoms with van der Waals surface area (Å²) in [5.41, 5.74) is 0.308. The van der Waals surface area contributed by atoms with Gasteiger partial charge in [0.05, 0.1) is 18.4 Å². The minimum Gasteiger partial charge on any atom is -1.00 e. The lowest BCUT2D eigenvalue weighted by Crippen LogP contribution is -3.00. The second-order valence-electron chi connectivity index (χ2n) is 9.65. The number of quaternary nitrogens is 1. The van der Waals surface area contributed by atoms with Crippen molar-refractivity contribution in [3.8, 4) is 0 Å². The molecule has 9 heteroatoms.